The van der Waals surface area contributed by atoms with E-state index in [-0.39, 0.29) is 23.0 Å². The molecule has 0 spiro atoms. The van der Waals surface area contributed by atoms with Gasteiger partial charge in [-0.3, -0.25) is 9.59 Å². The highest BCUT2D eigenvalue weighted by molar-refractivity contribution is 6.42. The first kappa shape index (κ1) is 17.9. The molecule has 1 N–H and O–H groups in total. The van der Waals surface area contributed by atoms with Crippen LogP contribution in [-0.4, -0.2) is 24.3 Å². The number of hydrogen-bond donors (Lipinski definition) is 1. The second-order valence-electron chi connectivity index (χ2n) is 5.13. The minimum absolute atomic E-state index is 0.141. The Morgan fingerprint density at radius 2 is 2.00 bits per heavy atom. The highest BCUT2D eigenvalue weighted by atomic mass is 35.5. The molecule has 2 amide bonds. The first-order valence-electron chi connectivity index (χ1n) is 7.43. The van der Waals surface area contributed by atoms with Crippen LogP contribution < -0.4 is 20.7 Å². The van der Waals surface area contributed by atoms with E-state index in [9.17, 15) is 9.59 Å². The Kier molecular flexibility index (Phi) is 5.49. The van der Waals surface area contributed by atoms with Gasteiger partial charge in [-0.2, -0.15) is 0 Å². The maximum absolute atomic E-state index is 11.9. The predicted molar refractivity (Wildman–Crippen MR) is 97.7 cm³/mol. The zero-order valence-corrected chi connectivity index (χ0v) is 14.7. The smallest absolute Gasteiger partial charge is 0.287 e. The molecule has 0 unspecified atom stereocenters. The first-order chi connectivity index (χ1) is 12.5. The number of benzene rings is 2. The first-order valence-corrected chi connectivity index (χ1v) is 8.18. The average molecular weight is 388 g/mol. The molecule has 0 atom stereocenters. The molecule has 0 saturated heterocycles. The van der Waals surface area contributed by atoms with Gasteiger partial charge in [0.1, 0.15) is 16.3 Å². The lowest BCUT2D eigenvalue weighted by molar-refractivity contribution is -0.123. The van der Waals surface area contributed by atoms with Gasteiger partial charge in [-0.25, -0.2) is 10.4 Å². The second kappa shape index (κ2) is 7.97. The van der Waals surface area contributed by atoms with Crippen LogP contribution in [0.2, 0.25) is 10.0 Å². The number of hydrogen-bond acceptors (Lipinski definition) is 4. The zero-order chi connectivity index (χ0) is 18.5. The van der Waals surface area contributed by atoms with E-state index in [4.69, 9.17) is 27.9 Å². The summed E-state index contributed by atoms with van der Waals surface area (Å²) in [6.45, 7) is -0.328. The Balaban J connectivity index is 1.66. The standard InChI is InChI=1S/C18H11Cl2N3O3/c19-13-5-3-7-15(17(13)20)26-10-16(24)23-21-9-12-8-11-4-1-2-6-14(11)22-18(12)25/h1-8H,10H2,(H,23,24). The number of halogens is 2. The van der Waals surface area contributed by atoms with Crippen LogP contribution in [0.15, 0.2) is 58.1 Å². The van der Waals surface area contributed by atoms with Crippen molar-refractivity contribution in [2.75, 3.05) is 6.61 Å². The molecule has 0 saturated carbocycles. The molecule has 3 rings (SSSR count). The van der Waals surface area contributed by atoms with Gasteiger partial charge in [-0.1, -0.05) is 47.5 Å². The van der Waals surface area contributed by atoms with Crippen molar-refractivity contribution in [2.45, 2.75) is 0 Å². The van der Waals surface area contributed by atoms with E-state index in [0.717, 1.165) is 5.22 Å². The van der Waals surface area contributed by atoms with E-state index >= 15 is 0 Å². The number of amides is 2. The van der Waals surface area contributed by atoms with Crippen molar-refractivity contribution >= 4 is 47.0 Å². The number of carbonyl (C=O) groups is 2. The van der Waals surface area contributed by atoms with Crippen LogP contribution in [-0.2, 0) is 9.59 Å². The molecule has 1 aliphatic heterocycles. The molecule has 2 aromatic rings. The van der Waals surface area contributed by atoms with E-state index in [2.05, 4.69) is 21.4 Å². The predicted octanol–water partition coefficient (Wildman–Crippen LogP) is 1.64. The number of nitrogens with one attached hydrogen (secondary N) is 1. The monoisotopic (exact) mass is 387 g/mol. The van der Waals surface area contributed by atoms with Crippen LogP contribution in [0.5, 0.6) is 5.75 Å². The van der Waals surface area contributed by atoms with Crippen molar-refractivity contribution in [1.29, 1.82) is 0 Å². The van der Waals surface area contributed by atoms with Gasteiger partial charge in [-0.05, 0) is 24.3 Å². The highest BCUT2D eigenvalue weighted by Gasteiger charge is 2.10. The Labute approximate surface area is 158 Å². The summed E-state index contributed by atoms with van der Waals surface area (Å²) in [6, 6.07) is 12.0. The van der Waals surface area contributed by atoms with E-state index in [0.29, 0.717) is 10.4 Å². The molecular weight excluding hydrogens is 377 g/mol. The van der Waals surface area contributed by atoms with Gasteiger partial charge in [0.05, 0.1) is 10.4 Å². The van der Waals surface area contributed by atoms with Crippen LogP contribution in [0.3, 0.4) is 0 Å². The fraction of sp³-hybridized carbons (Fsp3) is 0.0556. The maximum Gasteiger partial charge on any atom is 0.287 e. The van der Waals surface area contributed by atoms with E-state index in [1.54, 1.807) is 36.4 Å². The topological polar surface area (TPSA) is 80.1 Å². The lowest BCUT2D eigenvalue weighted by atomic mass is 10.1. The molecule has 0 radical (unpaired) electrons. The number of ether oxygens (including phenoxy) is 1. The van der Waals surface area contributed by atoms with Crippen molar-refractivity contribution in [3.63, 3.8) is 0 Å². The van der Waals surface area contributed by atoms with E-state index < -0.39 is 11.8 Å². The SMILES string of the molecule is O=C(COc1cccc(Cl)c1Cl)NN=C=C1C=c2ccccc2=NC1=O. The second-order valence-corrected chi connectivity index (χ2v) is 5.92. The molecule has 6 nitrogen and oxygen atoms in total. The lowest BCUT2D eigenvalue weighted by Crippen LogP contribution is -2.30. The van der Waals surface area contributed by atoms with E-state index in [1.807, 2.05) is 12.1 Å². The molecule has 130 valence electrons. The summed E-state index contributed by atoms with van der Waals surface area (Å²) in [5.41, 5.74) is 2.36. The number of hydrazone groups is 1. The fourth-order valence-electron chi connectivity index (χ4n) is 2.10. The van der Waals surface area contributed by atoms with Gasteiger partial charge >= 0.3 is 0 Å². The van der Waals surface area contributed by atoms with Crippen LogP contribution in [0.25, 0.3) is 6.08 Å². The lowest BCUT2D eigenvalue weighted by Gasteiger charge is -2.07. The zero-order valence-electron chi connectivity index (χ0n) is 13.2. The summed E-state index contributed by atoms with van der Waals surface area (Å²) in [4.78, 5) is 27.6. The number of fused-ring (bicyclic) bond motifs is 1. The van der Waals surface area contributed by atoms with Gasteiger partial charge in [0.25, 0.3) is 11.8 Å². The molecule has 1 heterocycles. The van der Waals surface area contributed by atoms with Crippen LogP contribution in [0.4, 0.5) is 0 Å². The Morgan fingerprint density at radius 1 is 1.19 bits per heavy atom. The molecule has 26 heavy (non-hydrogen) atoms. The van der Waals surface area contributed by atoms with Crippen molar-refractivity contribution in [3.8, 4) is 5.75 Å². The average Bonchev–Trinajstić information content (AvgIpc) is 2.63. The summed E-state index contributed by atoms with van der Waals surface area (Å²) in [6.07, 6.45) is 1.60. The normalized spacial score (nSPS) is 12.2. The quantitative estimate of drug-likeness (QED) is 0.491. The molecule has 1 aliphatic rings. The van der Waals surface area contributed by atoms with Gasteiger partial charge in [-0.15, -0.1) is 5.10 Å². The van der Waals surface area contributed by atoms with Crippen molar-refractivity contribution in [3.05, 3.63) is 68.7 Å². The summed E-state index contributed by atoms with van der Waals surface area (Å²) in [7, 11) is 0. The van der Waals surface area contributed by atoms with Gasteiger partial charge in [0.2, 0.25) is 0 Å². The Hall–Kier alpha value is -2.92. The molecule has 0 bridgehead atoms. The van der Waals surface area contributed by atoms with Crippen molar-refractivity contribution in [1.82, 2.24) is 5.43 Å². The molecular formula is C18H11Cl2N3O3. The third-order valence-electron chi connectivity index (χ3n) is 3.32. The molecule has 0 aromatic heterocycles. The number of nitrogens with zero attached hydrogens (tertiary/aromatic N) is 2. The van der Waals surface area contributed by atoms with Crippen molar-refractivity contribution in [2.24, 2.45) is 10.1 Å². The summed E-state index contributed by atoms with van der Waals surface area (Å²) < 4.78 is 5.27. The highest BCUT2D eigenvalue weighted by Crippen LogP contribution is 2.31. The number of rotatable bonds is 4. The maximum atomic E-state index is 11.9. The fourth-order valence-corrected chi connectivity index (χ4v) is 2.45. The Morgan fingerprint density at radius 3 is 2.85 bits per heavy atom. The van der Waals surface area contributed by atoms with Crippen LogP contribution >= 0.6 is 23.2 Å². The summed E-state index contributed by atoms with van der Waals surface area (Å²) in [5, 5.41) is 5.53. The third kappa shape index (κ3) is 4.18. The largest absolute Gasteiger partial charge is 0.482 e. The summed E-state index contributed by atoms with van der Waals surface area (Å²) in [5.74, 6) is 1.72. The van der Waals surface area contributed by atoms with Gasteiger partial charge in [0.15, 0.2) is 6.61 Å². The van der Waals surface area contributed by atoms with Gasteiger partial charge in [0, 0.05) is 11.1 Å². The minimum atomic E-state index is -0.547. The van der Waals surface area contributed by atoms with Crippen LogP contribution in [0.1, 0.15) is 0 Å². The number of carbonyl (C=O) groups excluding carboxylic acids is 2. The molecule has 0 fully saturated rings. The minimum Gasteiger partial charge on any atom is -0.482 e. The molecule has 2 aromatic carbocycles. The Bertz CT molecular complexity index is 1070. The molecule has 8 heteroatoms. The summed E-state index contributed by atoms with van der Waals surface area (Å²) >= 11 is 11.8. The van der Waals surface area contributed by atoms with E-state index in [1.165, 1.54) is 0 Å². The van der Waals surface area contributed by atoms with Gasteiger partial charge < -0.3 is 4.74 Å². The van der Waals surface area contributed by atoms with Crippen molar-refractivity contribution < 1.29 is 14.3 Å². The third-order valence-corrected chi connectivity index (χ3v) is 4.12. The molecule has 0 aliphatic carbocycles. The number of para-hydroxylation sites is 1. The van der Waals surface area contributed by atoms with Crippen LogP contribution in [0, 0.1) is 0 Å².